The Morgan fingerprint density at radius 3 is 2.83 bits per heavy atom. The lowest BCUT2D eigenvalue weighted by atomic mass is 10.3. The maximum absolute atomic E-state index is 12.2. The fourth-order valence-electron chi connectivity index (χ4n) is 1.69. The van der Waals surface area contributed by atoms with Gasteiger partial charge >= 0.3 is 0 Å². The molecule has 0 saturated heterocycles. The summed E-state index contributed by atoms with van der Waals surface area (Å²) in [4.78, 5) is 16.3. The molecule has 2 aromatic rings. The Labute approximate surface area is 142 Å². The number of carbonyl (C=O) groups is 1. The minimum Gasteiger partial charge on any atom is -0.485 e. The third-order valence-corrected chi connectivity index (χ3v) is 3.55. The number of alkyl halides is 2. The number of nitrogens with zero attached hydrogens (tertiary/aromatic N) is 1. The van der Waals surface area contributed by atoms with Gasteiger partial charge in [0.15, 0.2) is 0 Å². The second kappa shape index (κ2) is 9.39. The molecule has 1 heterocycles. The van der Waals surface area contributed by atoms with Gasteiger partial charge in [0.25, 0.3) is 12.3 Å². The van der Waals surface area contributed by atoms with E-state index in [1.54, 1.807) is 23.6 Å². The number of amides is 1. The van der Waals surface area contributed by atoms with Gasteiger partial charge in [-0.15, -0.1) is 23.7 Å². The fraction of sp³-hybridized carbons (Fsp3) is 0.286. The molecule has 3 N–H and O–H groups in total. The third-order valence-electron chi connectivity index (χ3n) is 2.64. The molecule has 0 saturated carbocycles. The molecule has 0 fully saturated rings. The van der Waals surface area contributed by atoms with Gasteiger partial charge in [-0.1, -0.05) is 12.1 Å². The molecule has 0 spiro atoms. The van der Waals surface area contributed by atoms with Crippen molar-refractivity contribution in [3.05, 3.63) is 40.3 Å². The Kier molecular flexibility index (Phi) is 7.87. The van der Waals surface area contributed by atoms with Gasteiger partial charge in [0, 0.05) is 11.8 Å². The number of carbonyl (C=O) groups excluding carboxylic acids is 1. The van der Waals surface area contributed by atoms with E-state index in [0.717, 1.165) is 5.01 Å². The molecule has 0 unspecified atom stereocenters. The van der Waals surface area contributed by atoms with Crippen LogP contribution in [-0.4, -0.2) is 30.5 Å². The zero-order valence-corrected chi connectivity index (χ0v) is 13.6. The first-order valence-electron chi connectivity index (χ1n) is 6.56. The summed E-state index contributed by atoms with van der Waals surface area (Å²) in [5.41, 5.74) is 6.02. The van der Waals surface area contributed by atoms with Gasteiger partial charge in [0.2, 0.25) is 0 Å². The maximum atomic E-state index is 12.2. The van der Waals surface area contributed by atoms with Crippen LogP contribution in [0.15, 0.2) is 29.6 Å². The molecular formula is C14H16ClF2N3O2S. The number of hydrogen-bond donors (Lipinski definition) is 2. The van der Waals surface area contributed by atoms with Gasteiger partial charge < -0.3 is 15.8 Å². The molecule has 1 amide bonds. The Hall–Kier alpha value is -1.77. The normalized spacial score (nSPS) is 10.3. The standard InChI is InChI=1S/C14H15F2N3O2S.ClH/c15-12(16)7-21-11-4-2-1-3-9(11)19-14(20)10-8-22-13(18-10)5-6-17;/h1-4,8,12H,5-7,17H2,(H,19,20);1H. The van der Waals surface area contributed by atoms with Crippen LogP contribution < -0.4 is 15.8 Å². The molecule has 0 bridgehead atoms. The lowest BCUT2D eigenvalue weighted by molar-refractivity contribution is 0.0822. The summed E-state index contributed by atoms with van der Waals surface area (Å²) in [6.45, 7) is -0.275. The van der Waals surface area contributed by atoms with Crippen molar-refractivity contribution >= 4 is 35.3 Å². The number of ether oxygens (including phenoxy) is 1. The number of anilines is 1. The number of rotatable bonds is 7. The van der Waals surface area contributed by atoms with Crippen molar-refractivity contribution in [3.8, 4) is 5.75 Å². The Balaban J connectivity index is 0.00000264. The highest BCUT2D eigenvalue weighted by molar-refractivity contribution is 7.09. The third kappa shape index (κ3) is 5.74. The first-order chi connectivity index (χ1) is 10.6. The van der Waals surface area contributed by atoms with E-state index in [9.17, 15) is 13.6 Å². The zero-order valence-electron chi connectivity index (χ0n) is 12.0. The monoisotopic (exact) mass is 363 g/mol. The molecule has 23 heavy (non-hydrogen) atoms. The van der Waals surface area contributed by atoms with Crippen LogP contribution in [0.25, 0.3) is 0 Å². The Morgan fingerprint density at radius 2 is 2.13 bits per heavy atom. The largest absolute Gasteiger partial charge is 0.485 e. The number of benzene rings is 1. The van der Waals surface area contributed by atoms with Crippen LogP contribution >= 0.6 is 23.7 Å². The number of halogens is 3. The van der Waals surface area contributed by atoms with Gasteiger partial charge in [-0.05, 0) is 18.7 Å². The van der Waals surface area contributed by atoms with E-state index < -0.39 is 18.9 Å². The topological polar surface area (TPSA) is 77.2 Å². The molecule has 0 aliphatic heterocycles. The summed E-state index contributed by atoms with van der Waals surface area (Å²) in [5, 5.41) is 5.01. The smallest absolute Gasteiger partial charge is 0.275 e. The second-order valence-electron chi connectivity index (χ2n) is 4.32. The second-order valence-corrected chi connectivity index (χ2v) is 5.26. The SMILES string of the molecule is Cl.NCCc1nc(C(=O)Nc2ccccc2OCC(F)F)cs1. The average molecular weight is 364 g/mol. The number of nitrogens with two attached hydrogens (primary N) is 1. The van der Waals surface area contributed by atoms with E-state index in [0.29, 0.717) is 18.7 Å². The summed E-state index contributed by atoms with van der Waals surface area (Å²) in [7, 11) is 0. The summed E-state index contributed by atoms with van der Waals surface area (Å²) >= 11 is 1.35. The summed E-state index contributed by atoms with van der Waals surface area (Å²) in [6.07, 6.45) is -1.98. The van der Waals surface area contributed by atoms with Gasteiger partial charge in [-0.25, -0.2) is 13.8 Å². The molecule has 1 aromatic carbocycles. The van der Waals surface area contributed by atoms with Crippen molar-refractivity contribution in [2.75, 3.05) is 18.5 Å². The number of para-hydroxylation sites is 2. The van der Waals surface area contributed by atoms with E-state index in [2.05, 4.69) is 10.3 Å². The lowest BCUT2D eigenvalue weighted by Crippen LogP contribution is -2.15. The van der Waals surface area contributed by atoms with Gasteiger partial charge in [0.05, 0.1) is 10.7 Å². The van der Waals surface area contributed by atoms with Gasteiger partial charge in [0.1, 0.15) is 18.1 Å². The predicted molar refractivity (Wildman–Crippen MR) is 88.0 cm³/mol. The summed E-state index contributed by atoms with van der Waals surface area (Å²) in [6, 6.07) is 6.40. The molecule has 0 atom stereocenters. The highest BCUT2D eigenvalue weighted by Gasteiger charge is 2.14. The highest BCUT2D eigenvalue weighted by atomic mass is 35.5. The number of nitrogens with one attached hydrogen (secondary N) is 1. The van der Waals surface area contributed by atoms with Crippen LogP contribution in [0.4, 0.5) is 14.5 Å². The van der Waals surface area contributed by atoms with Crippen molar-refractivity contribution in [1.82, 2.24) is 4.98 Å². The minimum atomic E-state index is -2.58. The number of aromatic nitrogens is 1. The van der Waals surface area contributed by atoms with E-state index >= 15 is 0 Å². The molecule has 9 heteroatoms. The quantitative estimate of drug-likeness (QED) is 0.792. The molecule has 0 radical (unpaired) electrons. The van der Waals surface area contributed by atoms with Crippen LogP contribution in [-0.2, 0) is 6.42 Å². The molecule has 0 aliphatic carbocycles. The van der Waals surface area contributed by atoms with E-state index in [4.69, 9.17) is 10.5 Å². The highest BCUT2D eigenvalue weighted by Crippen LogP contribution is 2.25. The average Bonchev–Trinajstić information content (AvgIpc) is 2.95. The first-order valence-corrected chi connectivity index (χ1v) is 7.44. The van der Waals surface area contributed by atoms with E-state index in [1.807, 2.05) is 0 Å². The molecule has 2 rings (SSSR count). The molecule has 5 nitrogen and oxygen atoms in total. The molecule has 1 aromatic heterocycles. The van der Waals surface area contributed by atoms with Crippen LogP contribution in [0.1, 0.15) is 15.5 Å². The van der Waals surface area contributed by atoms with Crippen LogP contribution in [0.2, 0.25) is 0 Å². The van der Waals surface area contributed by atoms with Crippen molar-refractivity contribution < 1.29 is 18.3 Å². The Bertz CT molecular complexity index is 640. The fourth-order valence-corrected chi connectivity index (χ4v) is 2.48. The summed E-state index contributed by atoms with van der Waals surface area (Å²) < 4.78 is 29.4. The number of hydrogen-bond acceptors (Lipinski definition) is 5. The molecule has 0 aliphatic rings. The molecular weight excluding hydrogens is 348 g/mol. The Morgan fingerprint density at radius 1 is 1.39 bits per heavy atom. The minimum absolute atomic E-state index is 0. The lowest BCUT2D eigenvalue weighted by Gasteiger charge is -2.11. The van der Waals surface area contributed by atoms with E-state index in [1.165, 1.54) is 17.4 Å². The first kappa shape index (κ1) is 19.3. The van der Waals surface area contributed by atoms with Crippen molar-refractivity contribution in [2.24, 2.45) is 5.73 Å². The zero-order chi connectivity index (χ0) is 15.9. The van der Waals surface area contributed by atoms with Crippen LogP contribution in [0.3, 0.4) is 0 Å². The molecule has 126 valence electrons. The van der Waals surface area contributed by atoms with Gasteiger partial charge in [-0.3, -0.25) is 4.79 Å². The van der Waals surface area contributed by atoms with Crippen molar-refractivity contribution in [3.63, 3.8) is 0 Å². The van der Waals surface area contributed by atoms with Gasteiger partial charge in [-0.2, -0.15) is 0 Å². The van der Waals surface area contributed by atoms with Crippen LogP contribution in [0.5, 0.6) is 5.75 Å². The van der Waals surface area contributed by atoms with Crippen molar-refractivity contribution in [2.45, 2.75) is 12.8 Å². The summed E-state index contributed by atoms with van der Waals surface area (Å²) in [5.74, 6) is -0.235. The number of thiazole rings is 1. The predicted octanol–water partition coefficient (Wildman–Crippen LogP) is 2.96. The maximum Gasteiger partial charge on any atom is 0.275 e. The van der Waals surface area contributed by atoms with E-state index in [-0.39, 0.29) is 23.9 Å². The van der Waals surface area contributed by atoms with Crippen molar-refractivity contribution in [1.29, 1.82) is 0 Å². The van der Waals surface area contributed by atoms with Crippen LogP contribution in [0, 0.1) is 0 Å².